The van der Waals surface area contributed by atoms with E-state index in [1.807, 2.05) is 0 Å². The minimum atomic E-state index is -3.24. The Labute approximate surface area is 108 Å². The quantitative estimate of drug-likeness (QED) is 0.676. The topological polar surface area (TPSA) is 89.5 Å². The molecular formula is C11H21NO5S. The highest BCUT2D eigenvalue weighted by Crippen LogP contribution is 2.13. The van der Waals surface area contributed by atoms with Gasteiger partial charge in [0, 0.05) is 19.2 Å². The molecule has 0 fully saturated rings. The summed E-state index contributed by atoms with van der Waals surface area (Å²) in [5.74, 6) is -0.796. The first-order valence-corrected chi connectivity index (χ1v) is 7.61. The van der Waals surface area contributed by atoms with Gasteiger partial charge in [-0.05, 0) is 20.8 Å². The van der Waals surface area contributed by atoms with Crippen molar-refractivity contribution in [3.63, 3.8) is 0 Å². The molecule has 18 heavy (non-hydrogen) atoms. The maximum atomic E-state index is 11.4. The van der Waals surface area contributed by atoms with Crippen molar-refractivity contribution in [1.29, 1.82) is 0 Å². The lowest BCUT2D eigenvalue weighted by Crippen LogP contribution is -2.43. The molecule has 0 rings (SSSR count). The van der Waals surface area contributed by atoms with Crippen LogP contribution >= 0.6 is 0 Å². The second kappa shape index (κ2) is 6.72. The number of hydrogen-bond donors (Lipinski definition) is 1. The van der Waals surface area contributed by atoms with Crippen LogP contribution in [-0.2, 0) is 24.2 Å². The predicted octanol–water partition coefficient (Wildman–Crippen LogP) is 0.269. The number of carbonyl (C=O) groups excluding carboxylic acids is 2. The molecule has 0 spiro atoms. The first-order chi connectivity index (χ1) is 8.10. The molecular weight excluding hydrogens is 258 g/mol. The van der Waals surface area contributed by atoms with Crippen LogP contribution in [0.4, 0.5) is 0 Å². The van der Waals surface area contributed by atoms with Gasteiger partial charge in [-0.3, -0.25) is 9.59 Å². The summed E-state index contributed by atoms with van der Waals surface area (Å²) in [6, 6.07) is 0. The molecule has 6 nitrogen and oxygen atoms in total. The van der Waals surface area contributed by atoms with E-state index < -0.39 is 20.6 Å². The Morgan fingerprint density at radius 1 is 1.22 bits per heavy atom. The van der Waals surface area contributed by atoms with E-state index in [9.17, 15) is 18.0 Å². The van der Waals surface area contributed by atoms with Gasteiger partial charge in [-0.25, -0.2) is 8.42 Å². The van der Waals surface area contributed by atoms with Crippen molar-refractivity contribution in [1.82, 2.24) is 5.32 Å². The van der Waals surface area contributed by atoms with Gasteiger partial charge in [0.2, 0.25) is 5.91 Å². The highest BCUT2D eigenvalue weighted by molar-refractivity contribution is 7.92. The Kier molecular flexibility index (Phi) is 6.31. The highest BCUT2D eigenvalue weighted by atomic mass is 32.2. The fourth-order valence-electron chi connectivity index (χ4n) is 0.980. The van der Waals surface area contributed by atoms with Crippen LogP contribution < -0.4 is 5.32 Å². The van der Waals surface area contributed by atoms with Crippen LogP contribution in [0.1, 0.15) is 33.6 Å². The van der Waals surface area contributed by atoms with Crippen LogP contribution in [0.25, 0.3) is 0 Å². The monoisotopic (exact) mass is 279 g/mol. The summed E-state index contributed by atoms with van der Waals surface area (Å²) in [7, 11) is -3.24. The van der Waals surface area contributed by atoms with Crippen LogP contribution in [0, 0.1) is 0 Å². The van der Waals surface area contributed by atoms with E-state index in [-0.39, 0.29) is 31.9 Å². The molecule has 0 saturated heterocycles. The molecule has 1 amide bonds. The molecule has 0 bridgehead atoms. The SMILES string of the molecule is CCOC(=O)CCC(=O)NCC(C)(C)S(C)(=O)=O. The Morgan fingerprint density at radius 3 is 2.22 bits per heavy atom. The van der Waals surface area contributed by atoms with Gasteiger partial charge in [0.15, 0.2) is 9.84 Å². The predicted molar refractivity (Wildman–Crippen MR) is 67.8 cm³/mol. The van der Waals surface area contributed by atoms with Crippen molar-refractivity contribution in [3.8, 4) is 0 Å². The summed E-state index contributed by atoms with van der Waals surface area (Å²) in [4.78, 5) is 22.4. The molecule has 0 atom stereocenters. The molecule has 106 valence electrons. The van der Waals surface area contributed by atoms with E-state index in [0.717, 1.165) is 6.26 Å². The summed E-state index contributed by atoms with van der Waals surface area (Å²) >= 11 is 0. The van der Waals surface area contributed by atoms with Crippen molar-refractivity contribution in [2.24, 2.45) is 0 Å². The third kappa shape index (κ3) is 6.00. The average molecular weight is 279 g/mol. The summed E-state index contributed by atoms with van der Waals surface area (Å²) in [5, 5.41) is 2.50. The fraction of sp³-hybridized carbons (Fsp3) is 0.818. The first kappa shape index (κ1) is 16.9. The molecule has 0 saturated carbocycles. The molecule has 0 radical (unpaired) electrons. The van der Waals surface area contributed by atoms with Gasteiger partial charge < -0.3 is 10.1 Å². The number of nitrogens with one attached hydrogen (secondary N) is 1. The molecule has 0 aromatic heterocycles. The zero-order chi connectivity index (χ0) is 14.4. The van der Waals surface area contributed by atoms with Gasteiger partial charge in [0.05, 0.1) is 17.8 Å². The standard InChI is InChI=1S/C11H21NO5S/c1-5-17-10(14)7-6-9(13)12-8-11(2,3)18(4,15)16/h5-8H2,1-4H3,(H,12,13). The number of ether oxygens (including phenoxy) is 1. The Hall–Kier alpha value is -1.11. The number of carbonyl (C=O) groups is 2. The second-order valence-corrected chi connectivity index (χ2v) is 7.26. The van der Waals surface area contributed by atoms with Crippen LogP contribution in [0.2, 0.25) is 0 Å². The second-order valence-electron chi connectivity index (χ2n) is 4.61. The number of esters is 1. The largest absolute Gasteiger partial charge is 0.466 e. The Bertz CT molecular complexity index is 400. The molecule has 1 N–H and O–H groups in total. The van der Waals surface area contributed by atoms with Gasteiger partial charge in [-0.2, -0.15) is 0 Å². The summed E-state index contributed by atoms with van der Waals surface area (Å²) < 4.78 is 26.4. The number of sulfone groups is 1. The van der Waals surface area contributed by atoms with Gasteiger partial charge in [-0.15, -0.1) is 0 Å². The lowest BCUT2D eigenvalue weighted by atomic mass is 10.2. The van der Waals surface area contributed by atoms with Gasteiger partial charge >= 0.3 is 5.97 Å². The smallest absolute Gasteiger partial charge is 0.306 e. The van der Waals surface area contributed by atoms with E-state index in [1.54, 1.807) is 6.92 Å². The van der Waals surface area contributed by atoms with E-state index >= 15 is 0 Å². The summed E-state index contributed by atoms with van der Waals surface area (Å²) in [6.07, 6.45) is 1.12. The van der Waals surface area contributed by atoms with E-state index in [4.69, 9.17) is 0 Å². The molecule has 0 aliphatic heterocycles. The van der Waals surface area contributed by atoms with Crippen molar-refractivity contribution >= 4 is 21.7 Å². The fourth-order valence-corrected chi connectivity index (χ4v) is 1.31. The zero-order valence-electron chi connectivity index (χ0n) is 11.3. The maximum absolute atomic E-state index is 11.4. The van der Waals surface area contributed by atoms with Crippen molar-refractivity contribution in [2.75, 3.05) is 19.4 Å². The van der Waals surface area contributed by atoms with Crippen LogP contribution in [-0.4, -0.2) is 44.4 Å². The van der Waals surface area contributed by atoms with Crippen molar-refractivity contribution in [2.45, 2.75) is 38.4 Å². The zero-order valence-corrected chi connectivity index (χ0v) is 12.1. The van der Waals surface area contributed by atoms with Crippen LogP contribution in [0.5, 0.6) is 0 Å². The third-order valence-corrected chi connectivity index (χ3v) is 4.73. The molecule has 0 unspecified atom stereocenters. The van der Waals surface area contributed by atoms with Gasteiger partial charge in [-0.1, -0.05) is 0 Å². The minimum Gasteiger partial charge on any atom is -0.466 e. The highest BCUT2D eigenvalue weighted by Gasteiger charge is 2.30. The van der Waals surface area contributed by atoms with Gasteiger partial charge in [0.1, 0.15) is 0 Å². The van der Waals surface area contributed by atoms with E-state index in [0.29, 0.717) is 0 Å². The Balaban J connectivity index is 4.09. The maximum Gasteiger partial charge on any atom is 0.306 e. The summed E-state index contributed by atoms with van der Waals surface area (Å²) in [5.41, 5.74) is 0. The lowest BCUT2D eigenvalue weighted by molar-refractivity contribution is -0.144. The van der Waals surface area contributed by atoms with Crippen LogP contribution in [0.15, 0.2) is 0 Å². The summed E-state index contributed by atoms with van der Waals surface area (Å²) in [6.45, 7) is 5.06. The molecule has 0 aromatic carbocycles. The molecule has 0 aromatic rings. The molecule has 7 heteroatoms. The molecule has 0 aliphatic carbocycles. The van der Waals surface area contributed by atoms with E-state index in [2.05, 4.69) is 10.1 Å². The third-order valence-electron chi connectivity index (χ3n) is 2.58. The Morgan fingerprint density at radius 2 is 1.78 bits per heavy atom. The average Bonchev–Trinajstić information content (AvgIpc) is 2.22. The minimum absolute atomic E-state index is 0.00101. The lowest BCUT2D eigenvalue weighted by Gasteiger charge is -2.22. The molecule has 0 aliphatic rings. The van der Waals surface area contributed by atoms with Crippen molar-refractivity contribution in [3.05, 3.63) is 0 Å². The van der Waals surface area contributed by atoms with Crippen LogP contribution in [0.3, 0.4) is 0 Å². The number of hydrogen-bond acceptors (Lipinski definition) is 5. The number of amides is 1. The first-order valence-electron chi connectivity index (χ1n) is 5.72. The van der Waals surface area contributed by atoms with Crippen molar-refractivity contribution < 1.29 is 22.7 Å². The van der Waals surface area contributed by atoms with Gasteiger partial charge in [0.25, 0.3) is 0 Å². The normalized spacial score (nSPS) is 12.0. The number of rotatable bonds is 7. The molecule has 0 heterocycles. The van der Waals surface area contributed by atoms with E-state index in [1.165, 1.54) is 13.8 Å².